The molecule has 0 atom stereocenters. The van der Waals surface area contributed by atoms with Crippen LogP contribution in [0.1, 0.15) is 5.56 Å². The molecule has 0 aliphatic carbocycles. The molecule has 0 saturated carbocycles. The van der Waals surface area contributed by atoms with Crippen LogP contribution in [0, 0.1) is 10.1 Å². The summed E-state index contributed by atoms with van der Waals surface area (Å²) in [5, 5.41) is 15.5. The average Bonchev–Trinajstić information content (AvgIpc) is 2.42. The molecule has 5 nitrogen and oxygen atoms in total. The number of benzene rings is 2. The van der Waals surface area contributed by atoms with Crippen molar-refractivity contribution in [2.24, 2.45) is 5.10 Å². The first-order chi connectivity index (χ1) is 9.56. The predicted octanol–water partition coefficient (Wildman–Crippen LogP) is 4.35. The molecule has 2 aromatic rings. The van der Waals surface area contributed by atoms with Crippen molar-refractivity contribution in [2.45, 2.75) is 0 Å². The number of rotatable bonds is 4. The monoisotopic (exact) mass is 309 g/mol. The number of hydrogen-bond acceptors (Lipinski definition) is 4. The molecule has 20 heavy (non-hydrogen) atoms. The normalized spacial score (nSPS) is 10.7. The van der Waals surface area contributed by atoms with E-state index in [-0.39, 0.29) is 10.7 Å². The molecule has 0 spiro atoms. The second-order valence-electron chi connectivity index (χ2n) is 3.84. The lowest BCUT2D eigenvalue weighted by Gasteiger charge is -2.00. The van der Waals surface area contributed by atoms with Crippen molar-refractivity contribution in [3.05, 3.63) is 68.2 Å². The van der Waals surface area contributed by atoms with Gasteiger partial charge in [0.25, 0.3) is 5.69 Å². The zero-order valence-electron chi connectivity index (χ0n) is 10.1. The van der Waals surface area contributed by atoms with E-state index in [2.05, 4.69) is 10.5 Å². The first kappa shape index (κ1) is 14.3. The van der Waals surface area contributed by atoms with E-state index >= 15 is 0 Å². The van der Waals surface area contributed by atoms with Gasteiger partial charge in [-0.15, -0.1) is 0 Å². The Bertz CT molecular complexity index is 657. The number of hydrazone groups is 1. The highest BCUT2D eigenvalue weighted by Gasteiger charge is 2.11. The highest BCUT2D eigenvalue weighted by Crippen LogP contribution is 2.24. The van der Waals surface area contributed by atoms with Crippen LogP contribution in [-0.2, 0) is 0 Å². The molecule has 0 aromatic heterocycles. The molecule has 0 radical (unpaired) electrons. The Morgan fingerprint density at radius 3 is 2.50 bits per heavy atom. The fourth-order valence-corrected chi connectivity index (χ4v) is 1.77. The second-order valence-corrected chi connectivity index (χ2v) is 4.69. The van der Waals surface area contributed by atoms with E-state index in [1.54, 1.807) is 30.3 Å². The van der Waals surface area contributed by atoms with Gasteiger partial charge in [-0.25, -0.2) is 0 Å². The van der Waals surface area contributed by atoms with E-state index in [4.69, 9.17) is 23.2 Å². The zero-order chi connectivity index (χ0) is 14.5. The fraction of sp³-hybridized carbons (Fsp3) is 0. The quantitative estimate of drug-likeness (QED) is 0.518. The summed E-state index contributed by atoms with van der Waals surface area (Å²) in [4.78, 5) is 10.2. The van der Waals surface area contributed by atoms with E-state index in [9.17, 15) is 10.1 Å². The lowest BCUT2D eigenvalue weighted by atomic mass is 10.2. The van der Waals surface area contributed by atoms with Gasteiger partial charge in [0.15, 0.2) is 0 Å². The van der Waals surface area contributed by atoms with Crippen LogP contribution in [0.2, 0.25) is 10.0 Å². The molecule has 0 amide bonds. The molecule has 2 rings (SSSR count). The first-order valence-electron chi connectivity index (χ1n) is 5.55. The lowest BCUT2D eigenvalue weighted by Crippen LogP contribution is -1.93. The van der Waals surface area contributed by atoms with E-state index in [0.717, 1.165) is 5.69 Å². The van der Waals surface area contributed by atoms with E-state index in [1.165, 1.54) is 18.3 Å². The lowest BCUT2D eigenvalue weighted by molar-refractivity contribution is -0.384. The van der Waals surface area contributed by atoms with Gasteiger partial charge >= 0.3 is 0 Å². The summed E-state index contributed by atoms with van der Waals surface area (Å²) in [6.45, 7) is 0. The standard InChI is InChI=1S/C13H9Cl2N3O2/c14-10-2-4-11(5-3-10)17-16-8-9-1-6-12(15)13(7-9)18(19)20/h1-8,17H/b16-8-. The molecule has 7 heteroatoms. The Morgan fingerprint density at radius 1 is 1.15 bits per heavy atom. The van der Waals surface area contributed by atoms with Gasteiger partial charge in [-0.3, -0.25) is 15.5 Å². The van der Waals surface area contributed by atoms with Crippen LogP contribution in [0.4, 0.5) is 11.4 Å². The Labute approximate surface area is 125 Å². The maximum absolute atomic E-state index is 10.7. The van der Waals surface area contributed by atoms with Crippen LogP contribution >= 0.6 is 23.2 Å². The number of nitrogens with zero attached hydrogens (tertiary/aromatic N) is 2. The Kier molecular flexibility index (Phi) is 4.55. The number of nitro groups is 1. The van der Waals surface area contributed by atoms with Gasteiger partial charge in [0.05, 0.1) is 16.8 Å². The zero-order valence-corrected chi connectivity index (χ0v) is 11.6. The van der Waals surface area contributed by atoms with Crippen molar-refractivity contribution >= 4 is 40.8 Å². The fourth-order valence-electron chi connectivity index (χ4n) is 1.46. The van der Waals surface area contributed by atoms with Gasteiger partial charge in [0.1, 0.15) is 5.02 Å². The molecule has 102 valence electrons. The molecule has 0 heterocycles. The summed E-state index contributed by atoms with van der Waals surface area (Å²) in [5.41, 5.74) is 3.97. The van der Waals surface area contributed by atoms with Gasteiger partial charge in [0.2, 0.25) is 0 Å². The topological polar surface area (TPSA) is 67.5 Å². The highest BCUT2D eigenvalue weighted by molar-refractivity contribution is 6.32. The van der Waals surface area contributed by atoms with Crippen LogP contribution in [0.5, 0.6) is 0 Å². The van der Waals surface area contributed by atoms with E-state index in [1.807, 2.05) is 0 Å². The number of nitrogens with one attached hydrogen (secondary N) is 1. The maximum atomic E-state index is 10.7. The molecular formula is C13H9Cl2N3O2. The minimum absolute atomic E-state index is 0.0952. The minimum Gasteiger partial charge on any atom is -0.279 e. The van der Waals surface area contributed by atoms with Crippen molar-refractivity contribution in [3.63, 3.8) is 0 Å². The second kappa shape index (κ2) is 6.36. The van der Waals surface area contributed by atoms with Gasteiger partial charge in [-0.05, 0) is 30.3 Å². The van der Waals surface area contributed by atoms with Gasteiger partial charge in [0, 0.05) is 16.7 Å². The van der Waals surface area contributed by atoms with Crippen LogP contribution in [0.15, 0.2) is 47.6 Å². The van der Waals surface area contributed by atoms with E-state index in [0.29, 0.717) is 10.6 Å². The van der Waals surface area contributed by atoms with Gasteiger partial charge in [-0.2, -0.15) is 5.10 Å². The molecule has 2 aromatic carbocycles. The van der Waals surface area contributed by atoms with Gasteiger partial charge in [-0.1, -0.05) is 29.3 Å². The molecular weight excluding hydrogens is 301 g/mol. The summed E-state index contributed by atoms with van der Waals surface area (Å²) in [7, 11) is 0. The summed E-state index contributed by atoms with van der Waals surface area (Å²) in [5.74, 6) is 0. The highest BCUT2D eigenvalue weighted by atomic mass is 35.5. The first-order valence-corrected chi connectivity index (χ1v) is 6.30. The predicted molar refractivity (Wildman–Crippen MR) is 80.8 cm³/mol. The number of halogens is 2. The third kappa shape index (κ3) is 3.69. The smallest absolute Gasteiger partial charge is 0.279 e. The summed E-state index contributed by atoms with van der Waals surface area (Å²) < 4.78 is 0. The van der Waals surface area contributed by atoms with Crippen LogP contribution in [0.25, 0.3) is 0 Å². The maximum Gasteiger partial charge on any atom is 0.288 e. The van der Waals surface area contributed by atoms with Crippen molar-refractivity contribution in [1.29, 1.82) is 0 Å². The van der Waals surface area contributed by atoms with Crippen LogP contribution in [-0.4, -0.2) is 11.1 Å². The molecule has 0 aliphatic heterocycles. The molecule has 0 fully saturated rings. The number of nitro benzene ring substituents is 1. The van der Waals surface area contributed by atoms with E-state index < -0.39 is 4.92 Å². The third-order valence-electron chi connectivity index (χ3n) is 2.42. The summed E-state index contributed by atoms with van der Waals surface area (Å²) in [6.07, 6.45) is 1.47. The van der Waals surface area contributed by atoms with Gasteiger partial charge < -0.3 is 0 Å². The number of hydrogen-bond donors (Lipinski definition) is 1. The SMILES string of the molecule is O=[N+]([O-])c1cc(/C=N\Nc2ccc(Cl)cc2)ccc1Cl. The van der Waals surface area contributed by atoms with Crippen molar-refractivity contribution in [2.75, 3.05) is 5.43 Å². The Hall–Kier alpha value is -2.11. The summed E-state index contributed by atoms with van der Waals surface area (Å²) >= 11 is 11.5. The average molecular weight is 310 g/mol. The Morgan fingerprint density at radius 2 is 1.85 bits per heavy atom. The van der Waals surface area contributed by atoms with Crippen LogP contribution in [0.3, 0.4) is 0 Å². The van der Waals surface area contributed by atoms with Crippen molar-refractivity contribution in [3.8, 4) is 0 Å². The Balaban J connectivity index is 2.10. The summed E-state index contributed by atoms with van der Waals surface area (Å²) in [6, 6.07) is 11.5. The minimum atomic E-state index is -0.535. The van der Waals surface area contributed by atoms with Crippen molar-refractivity contribution < 1.29 is 4.92 Å². The molecule has 0 saturated heterocycles. The molecule has 1 N–H and O–H groups in total. The largest absolute Gasteiger partial charge is 0.288 e. The third-order valence-corrected chi connectivity index (χ3v) is 2.99. The number of anilines is 1. The molecule has 0 bridgehead atoms. The van der Waals surface area contributed by atoms with Crippen LogP contribution < -0.4 is 5.43 Å². The molecule has 0 aliphatic rings. The van der Waals surface area contributed by atoms with Crippen molar-refractivity contribution in [1.82, 2.24) is 0 Å². The molecule has 0 unspecified atom stereocenters.